The maximum atomic E-state index is 13.0. The number of aryl methyl sites for hydroxylation is 1. The molecular formula is C20H24N2O2. The standard InChI is InChI=1S/C20H24N2O2/c1-3-17(15-8-5-4-6-9-15)18-10-7-13-22(18)20(24)16-11-12-19(23)21(2)14-16/h4-6,8-9,11-12,14,17-18H,3,7,10,13H2,1-2H3/t17-,18-/m0/s1. The van der Waals surface area contributed by atoms with Crippen LogP contribution in [0.4, 0.5) is 0 Å². The summed E-state index contributed by atoms with van der Waals surface area (Å²) in [7, 11) is 1.68. The molecule has 1 aromatic carbocycles. The van der Waals surface area contributed by atoms with E-state index >= 15 is 0 Å². The summed E-state index contributed by atoms with van der Waals surface area (Å²) in [6.45, 7) is 2.97. The van der Waals surface area contributed by atoms with Gasteiger partial charge in [0.1, 0.15) is 0 Å². The van der Waals surface area contributed by atoms with Crippen molar-refractivity contribution in [2.75, 3.05) is 6.54 Å². The van der Waals surface area contributed by atoms with Gasteiger partial charge in [0.25, 0.3) is 5.91 Å². The minimum Gasteiger partial charge on any atom is -0.335 e. The van der Waals surface area contributed by atoms with E-state index < -0.39 is 0 Å². The first-order chi connectivity index (χ1) is 11.6. The van der Waals surface area contributed by atoms with Gasteiger partial charge in [-0.2, -0.15) is 0 Å². The normalized spacial score (nSPS) is 18.6. The van der Waals surface area contributed by atoms with Crippen LogP contribution in [0, 0.1) is 0 Å². The summed E-state index contributed by atoms with van der Waals surface area (Å²) in [5.74, 6) is 0.382. The maximum absolute atomic E-state index is 13.0. The minimum atomic E-state index is -0.0970. The number of aromatic nitrogens is 1. The molecular weight excluding hydrogens is 300 g/mol. The van der Waals surface area contributed by atoms with Crippen LogP contribution in [0.25, 0.3) is 0 Å². The van der Waals surface area contributed by atoms with Crippen molar-refractivity contribution in [2.45, 2.75) is 38.1 Å². The zero-order valence-electron chi connectivity index (χ0n) is 14.3. The number of amides is 1. The number of hydrogen-bond donors (Lipinski definition) is 0. The van der Waals surface area contributed by atoms with Crippen molar-refractivity contribution < 1.29 is 4.79 Å². The van der Waals surface area contributed by atoms with Crippen LogP contribution < -0.4 is 5.56 Å². The number of pyridine rings is 1. The summed E-state index contributed by atoms with van der Waals surface area (Å²) < 4.78 is 1.47. The van der Waals surface area contributed by atoms with Gasteiger partial charge in [0.2, 0.25) is 5.56 Å². The molecule has 2 atom stereocenters. The van der Waals surface area contributed by atoms with E-state index in [1.165, 1.54) is 16.2 Å². The Balaban J connectivity index is 1.88. The molecule has 1 fully saturated rings. The topological polar surface area (TPSA) is 42.3 Å². The van der Waals surface area contributed by atoms with Crippen molar-refractivity contribution in [3.63, 3.8) is 0 Å². The second kappa shape index (κ2) is 7.04. The molecule has 4 heteroatoms. The Morgan fingerprint density at radius 1 is 1.21 bits per heavy atom. The Bertz CT molecular complexity index is 767. The zero-order valence-corrected chi connectivity index (χ0v) is 14.3. The van der Waals surface area contributed by atoms with E-state index in [1.54, 1.807) is 19.3 Å². The first kappa shape index (κ1) is 16.5. The number of nitrogens with zero attached hydrogens (tertiary/aromatic N) is 2. The molecule has 0 unspecified atom stereocenters. The predicted molar refractivity (Wildman–Crippen MR) is 95.2 cm³/mol. The summed E-state index contributed by atoms with van der Waals surface area (Å²) in [5.41, 5.74) is 1.79. The monoisotopic (exact) mass is 324 g/mol. The molecule has 0 aliphatic carbocycles. The fraction of sp³-hybridized carbons (Fsp3) is 0.400. The fourth-order valence-electron chi connectivity index (χ4n) is 3.78. The van der Waals surface area contributed by atoms with Gasteiger partial charge in [-0.3, -0.25) is 9.59 Å². The van der Waals surface area contributed by atoms with Crippen LogP contribution in [-0.4, -0.2) is 28.0 Å². The highest BCUT2D eigenvalue weighted by molar-refractivity contribution is 5.94. The first-order valence-corrected chi connectivity index (χ1v) is 8.64. The SMILES string of the molecule is CC[C@@H](c1ccccc1)[C@@H]1CCCN1C(=O)c1ccc(=O)n(C)c1. The summed E-state index contributed by atoms with van der Waals surface area (Å²) in [6, 6.07) is 13.8. The highest BCUT2D eigenvalue weighted by Crippen LogP contribution is 2.34. The molecule has 2 aromatic rings. The molecule has 0 spiro atoms. The van der Waals surface area contributed by atoms with Gasteiger partial charge in [-0.25, -0.2) is 0 Å². The number of benzene rings is 1. The van der Waals surface area contributed by atoms with E-state index in [-0.39, 0.29) is 17.5 Å². The summed E-state index contributed by atoms with van der Waals surface area (Å²) in [6.07, 6.45) is 4.71. The Hall–Kier alpha value is -2.36. The van der Waals surface area contributed by atoms with Crippen LogP contribution in [0.15, 0.2) is 53.5 Å². The predicted octanol–water partition coefficient (Wildman–Crippen LogP) is 3.18. The van der Waals surface area contributed by atoms with Gasteiger partial charge in [0, 0.05) is 37.8 Å². The molecule has 0 radical (unpaired) electrons. The third kappa shape index (κ3) is 3.14. The smallest absolute Gasteiger partial charge is 0.255 e. The number of carbonyl (C=O) groups is 1. The molecule has 1 saturated heterocycles. The number of hydrogen-bond acceptors (Lipinski definition) is 2. The number of rotatable bonds is 4. The van der Waals surface area contributed by atoms with E-state index in [0.717, 1.165) is 25.8 Å². The summed E-state index contributed by atoms with van der Waals surface area (Å²) in [5, 5.41) is 0. The van der Waals surface area contributed by atoms with E-state index in [1.807, 2.05) is 11.0 Å². The van der Waals surface area contributed by atoms with Crippen molar-refractivity contribution in [3.05, 3.63) is 70.1 Å². The number of likely N-dealkylation sites (tertiary alicyclic amines) is 1. The highest BCUT2D eigenvalue weighted by atomic mass is 16.2. The van der Waals surface area contributed by atoms with Gasteiger partial charge < -0.3 is 9.47 Å². The molecule has 0 N–H and O–H groups in total. The molecule has 1 aliphatic heterocycles. The number of carbonyl (C=O) groups excluding carboxylic acids is 1. The van der Waals surface area contributed by atoms with E-state index in [0.29, 0.717) is 11.5 Å². The fourth-order valence-corrected chi connectivity index (χ4v) is 3.78. The van der Waals surface area contributed by atoms with Crippen molar-refractivity contribution in [1.29, 1.82) is 0 Å². The lowest BCUT2D eigenvalue weighted by Gasteiger charge is -2.31. The van der Waals surface area contributed by atoms with E-state index in [9.17, 15) is 9.59 Å². The second-order valence-electron chi connectivity index (χ2n) is 6.50. The van der Waals surface area contributed by atoms with Crippen LogP contribution >= 0.6 is 0 Å². The molecule has 3 rings (SSSR count). The van der Waals surface area contributed by atoms with Gasteiger partial charge >= 0.3 is 0 Å². The van der Waals surface area contributed by atoms with Crippen molar-refractivity contribution in [2.24, 2.45) is 7.05 Å². The molecule has 0 saturated carbocycles. The Labute approximate surface area is 142 Å². The van der Waals surface area contributed by atoms with Crippen LogP contribution in [-0.2, 0) is 7.05 Å². The first-order valence-electron chi connectivity index (χ1n) is 8.64. The third-order valence-electron chi connectivity index (χ3n) is 5.02. The van der Waals surface area contributed by atoms with Gasteiger partial charge in [0.15, 0.2) is 0 Å². The maximum Gasteiger partial charge on any atom is 0.255 e. The molecule has 4 nitrogen and oxygen atoms in total. The summed E-state index contributed by atoms with van der Waals surface area (Å²) >= 11 is 0. The van der Waals surface area contributed by atoms with Gasteiger partial charge in [-0.15, -0.1) is 0 Å². The summed E-state index contributed by atoms with van der Waals surface area (Å²) in [4.78, 5) is 26.5. The lowest BCUT2D eigenvalue weighted by atomic mass is 9.87. The Morgan fingerprint density at radius 3 is 2.62 bits per heavy atom. The van der Waals surface area contributed by atoms with E-state index in [4.69, 9.17) is 0 Å². The molecule has 1 aromatic heterocycles. The van der Waals surface area contributed by atoms with E-state index in [2.05, 4.69) is 31.2 Å². The van der Waals surface area contributed by atoms with Crippen LogP contribution in [0.5, 0.6) is 0 Å². The average molecular weight is 324 g/mol. The average Bonchev–Trinajstić information content (AvgIpc) is 3.08. The molecule has 24 heavy (non-hydrogen) atoms. The van der Waals surface area contributed by atoms with Crippen molar-refractivity contribution in [1.82, 2.24) is 9.47 Å². The van der Waals surface area contributed by atoms with Gasteiger partial charge in [0.05, 0.1) is 5.56 Å². The largest absolute Gasteiger partial charge is 0.335 e. The van der Waals surface area contributed by atoms with Crippen molar-refractivity contribution >= 4 is 5.91 Å². The van der Waals surface area contributed by atoms with Crippen molar-refractivity contribution in [3.8, 4) is 0 Å². The van der Waals surface area contributed by atoms with Crippen LogP contribution in [0.1, 0.15) is 48.0 Å². The molecule has 126 valence electrons. The lowest BCUT2D eigenvalue weighted by molar-refractivity contribution is 0.0713. The Morgan fingerprint density at radius 2 is 1.96 bits per heavy atom. The Kier molecular flexibility index (Phi) is 4.84. The molecule has 1 aliphatic rings. The molecule has 2 heterocycles. The quantitative estimate of drug-likeness (QED) is 0.867. The van der Waals surface area contributed by atoms with Crippen LogP contribution in [0.3, 0.4) is 0 Å². The third-order valence-corrected chi connectivity index (χ3v) is 5.02. The molecule has 1 amide bonds. The zero-order chi connectivity index (χ0) is 17.1. The van der Waals surface area contributed by atoms with Crippen LogP contribution in [0.2, 0.25) is 0 Å². The highest BCUT2D eigenvalue weighted by Gasteiger charge is 2.35. The van der Waals surface area contributed by atoms with Gasteiger partial charge in [-0.1, -0.05) is 37.3 Å². The second-order valence-corrected chi connectivity index (χ2v) is 6.50. The lowest BCUT2D eigenvalue weighted by Crippen LogP contribution is -2.39. The molecule has 0 bridgehead atoms. The van der Waals surface area contributed by atoms with Gasteiger partial charge in [-0.05, 0) is 30.9 Å². The minimum absolute atomic E-state index is 0.0301.